The molecule has 0 aliphatic carbocycles. The number of sulfone groups is 1. The van der Waals surface area contributed by atoms with Crippen LogP contribution in [0.2, 0.25) is 0 Å². The van der Waals surface area contributed by atoms with Gasteiger partial charge in [-0.2, -0.15) is 0 Å². The van der Waals surface area contributed by atoms with Crippen molar-refractivity contribution in [3.63, 3.8) is 0 Å². The van der Waals surface area contributed by atoms with Crippen LogP contribution in [0.3, 0.4) is 0 Å². The van der Waals surface area contributed by atoms with Crippen LogP contribution in [-0.2, 0) is 14.6 Å². The molecule has 2 heterocycles. The van der Waals surface area contributed by atoms with E-state index in [1.807, 2.05) is 43.3 Å². The van der Waals surface area contributed by atoms with Crippen LogP contribution >= 0.6 is 12.4 Å². The molecule has 1 aliphatic rings. The number of anilines is 1. The highest BCUT2D eigenvalue weighted by Crippen LogP contribution is 2.34. The highest BCUT2D eigenvalue weighted by atomic mass is 35.5. The maximum atomic E-state index is 13.4. The molecule has 0 bridgehead atoms. The number of benzene rings is 2. The van der Waals surface area contributed by atoms with Gasteiger partial charge in [0.2, 0.25) is 0 Å². The van der Waals surface area contributed by atoms with Gasteiger partial charge in [0.1, 0.15) is 5.69 Å². The quantitative estimate of drug-likeness (QED) is 0.341. The van der Waals surface area contributed by atoms with E-state index < -0.39 is 20.5 Å². The number of amides is 1. The van der Waals surface area contributed by atoms with E-state index in [1.54, 1.807) is 28.5 Å². The molecule has 10 nitrogen and oxygen atoms in total. The largest absolute Gasteiger partial charge is 0.378 e. The average molecular weight is 507 g/mol. The molecule has 1 aliphatic heterocycles. The van der Waals surface area contributed by atoms with E-state index in [4.69, 9.17) is 0 Å². The molecule has 2 aromatic carbocycles. The van der Waals surface area contributed by atoms with Crippen LogP contribution in [0, 0.1) is 0 Å². The molecule has 3 aromatic rings. The summed E-state index contributed by atoms with van der Waals surface area (Å²) in [6, 6.07) is 14.0. The van der Waals surface area contributed by atoms with Gasteiger partial charge in [-0.05, 0) is 62.3 Å². The Morgan fingerprint density at radius 1 is 1.09 bits per heavy atom. The Morgan fingerprint density at radius 3 is 2.26 bits per heavy atom. The Balaban J connectivity index is 0.00000324. The highest BCUT2D eigenvalue weighted by Gasteiger charge is 2.51. The maximum absolute atomic E-state index is 13.4. The van der Waals surface area contributed by atoms with Crippen LogP contribution in [0.4, 0.5) is 5.69 Å². The Kier molecular flexibility index (Phi) is 7.61. The van der Waals surface area contributed by atoms with Crippen molar-refractivity contribution in [2.24, 2.45) is 0 Å². The molecular weight excluding hydrogens is 480 g/mol. The molecule has 4 rings (SSSR count). The van der Waals surface area contributed by atoms with Crippen molar-refractivity contribution in [3.8, 4) is 16.9 Å². The number of carbonyl (C=O) groups is 1. The van der Waals surface area contributed by atoms with E-state index in [-0.39, 0.29) is 30.1 Å². The highest BCUT2D eigenvalue weighted by molar-refractivity contribution is 7.93. The zero-order valence-corrected chi connectivity index (χ0v) is 20.4. The zero-order valence-electron chi connectivity index (χ0n) is 18.8. The summed E-state index contributed by atoms with van der Waals surface area (Å²) in [5.74, 6) is -0.908. The van der Waals surface area contributed by atoms with Crippen molar-refractivity contribution >= 4 is 33.8 Å². The number of halogens is 1. The summed E-state index contributed by atoms with van der Waals surface area (Å²) in [4.78, 5) is 14.4. The van der Waals surface area contributed by atoms with Gasteiger partial charge in [0.25, 0.3) is 5.91 Å². The molecule has 1 amide bonds. The molecule has 0 unspecified atom stereocenters. The number of nitrogens with zero attached hydrogens (tertiary/aromatic N) is 4. The first-order chi connectivity index (χ1) is 15.8. The van der Waals surface area contributed by atoms with Gasteiger partial charge < -0.3 is 10.2 Å². The molecule has 3 N–H and O–H groups in total. The average Bonchev–Trinajstić information content (AvgIpc) is 3.34. The molecule has 0 radical (unpaired) electrons. The van der Waals surface area contributed by atoms with Crippen LogP contribution in [0.25, 0.3) is 16.9 Å². The Morgan fingerprint density at radius 2 is 1.71 bits per heavy atom. The minimum atomic E-state index is -4.04. The van der Waals surface area contributed by atoms with Crippen molar-refractivity contribution in [2.75, 3.05) is 32.1 Å². The molecule has 0 spiro atoms. The Hall–Kier alpha value is -2.99. The van der Waals surface area contributed by atoms with Crippen molar-refractivity contribution in [2.45, 2.75) is 22.5 Å². The summed E-state index contributed by atoms with van der Waals surface area (Å²) in [5.41, 5.74) is 4.84. The van der Waals surface area contributed by atoms with Gasteiger partial charge in [0, 0.05) is 25.3 Å². The molecule has 1 saturated heterocycles. The van der Waals surface area contributed by atoms with Crippen LogP contribution in [0.15, 0.2) is 59.6 Å². The second kappa shape index (κ2) is 10.1. The lowest BCUT2D eigenvalue weighted by Gasteiger charge is -2.34. The molecule has 1 aromatic heterocycles. The van der Waals surface area contributed by atoms with Crippen LogP contribution in [0.5, 0.6) is 0 Å². The SMILES string of the molecule is CN(C)c1ccc(-c2cn(-c3ccc(S(=O)(=O)C4(C(=O)NO)CCNCC4)cc3)nn2)cc1.Cl. The van der Waals surface area contributed by atoms with Crippen molar-refractivity contribution in [1.82, 2.24) is 25.8 Å². The summed E-state index contributed by atoms with van der Waals surface area (Å²) < 4.78 is 26.6. The predicted molar refractivity (Wildman–Crippen MR) is 130 cm³/mol. The third-order valence-corrected chi connectivity index (χ3v) is 8.54. The molecule has 34 heavy (non-hydrogen) atoms. The summed E-state index contributed by atoms with van der Waals surface area (Å²) in [5, 5.41) is 20.6. The number of hydroxylamine groups is 1. The monoisotopic (exact) mass is 506 g/mol. The molecule has 182 valence electrons. The number of aromatic nitrogens is 3. The third-order valence-electron chi connectivity index (χ3n) is 6.03. The van der Waals surface area contributed by atoms with Crippen LogP contribution in [0.1, 0.15) is 12.8 Å². The topological polar surface area (TPSA) is 129 Å². The van der Waals surface area contributed by atoms with Gasteiger partial charge in [0.05, 0.1) is 16.8 Å². The maximum Gasteiger partial charge on any atom is 0.265 e. The lowest BCUT2D eigenvalue weighted by Crippen LogP contribution is -2.57. The van der Waals surface area contributed by atoms with Gasteiger partial charge in [-0.25, -0.2) is 18.6 Å². The van der Waals surface area contributed by atoms with E-state index >= 15 is 0 Å². The first-order valence-electron chi connectivity index (χ1n) is 10.5. The van der Waals surface area contributed by atoms with E-state index in [9.17, 15) is 18.4 Å². The number of hydrogen-bond donors (Lipinski definition) is 3. The second-order valence-electron chi connectivity index (χ2n) is 8.17. The summed E-state index contributed by atoms with van der Waals surface area (Å²) in [6.07, 6.45) is 1.91. The number of hydrogen-bond acceptors (Lipinski definition) is 8. The Bertz CT molecular complexity index is 1240. The first kappa shape index (κ1) is 25.6. The number of nitrogens with one attached hydrogen (secondary N) is 2. The van der Waals surface area contributed by atoms with E-state index in [1.165, 1.54) is 12.1 Å². The van der Waals surface area contributed by atoms with Gasteiger partial charge in [0.15, 0.2) is 14.6 Å². The van der Waals surface area contributed by atoms with Gasteiger partial charge in [-0.15, -0.1) is 17.5 Å². The predicted octanol–water partition coefficient (Wildman–Crippen LogP) is 1.82. The fraction of sp³-hybridized carbons (Fsp3) is 0.318. The van der Waals surface area contributed by atoms with E-state index in [2.05, 4.69) is 15.6 Å². The van der Waals surface area contributed by atoms with Gasteiger partial charge >= 0.3 is 0 Å². The van der Waals surface area contributed by atoms with E-state index in [0.717, 1.165) is 11.3 Å². The number of carbonyl (C=O) groups excluding carboxylic acids is 1. The molecule has 0 saturated carbocycles. The second-order valence-corrected chi connectivity index (χ2v) is 10.4. The standard InChI is InChI=1S/C22H26N6O4S.ClH/c1-27(2)17-5-3-16(4-6-17)20-15-28(26-24-20)18-7-9-19(10-8-18)33(31,32)22(21(29)25-30)11-13-23-14-12-22;/h3-10,15,23,30H,11-14H2,1-2H3,(H,25,29);1H. The smallest absolute Gasteiger partial charge is 0.265 e. The van der Waals surface area contributed by atoms with Gasteiger partial charge in [-0.3, -0.25) is 10.0 Å². The lowest BCUT2D eigenvalue weighted by atomic mass is 9.96. The summed E-state index contributed by atoms with van der Waals surface area (Å²) in [6.45, 7) is 0.726. The fourth-order valence-corrected chi connectivity index (χ4v) is 5.98. The van der Waals surface area contributed by atoms with Gasteiger partial charge in [-0.1, -0.05) is 17.3 Å². The third kappa shape index (κ3) is 4.51. The minimum absolute atomic E-state index is 0. The van der Waals surface area contributed by atoms with Crippen LogP contribution < -0.4 is 15.7 Å². The summed E-state index contributed by atoms with van der Waals surface area (Å²) >= 11 is 0. The van der Waals surface area contributed by atoms with Crippen molar-refractivity contribution < 1.29 is 18.4 Å². The summed E-state index contributed by atoms with van der Waals surface area (Å²) in [7, 11) is -0.103. The fourth-order valence-electron chi connectivity index (χ4n) is 4.01. The van der Waals surface area contributed by atoms with E-state index in [0.29, 0.717) is 24.5 Å². The molecule has 12 heteroatoms. The van der Waals surface area contributed by atoms with Crippen molar-refractivity contribution in [1.29, 1.82) is 0 Å². The van der Waals surface area contributed by atoms with Crippen LogP contribution in [-0.4, -0.2) is 66.5 Å². The van der Waals surface area contributed by atoms with Crippen molar-refractivity contribution in [3.05, 3.63) is 54.7 Å². The Labute approximate surface area is 204 Å². The first-order valence-corrected chi connectivity index (χ1v) is 12.0. The lowest BCUT2D eigenvalue weighted by molar-refractivity contribution is -0.132. The number of piperidine rings is 1. The molecule has 1 fully saturated rings. The zero-order chi connectivity index (χ0) is 23.6. The normalized spacial score (nSPS) is 15.3. The number of rotatable bonds is 6. The minimum Gasteiger partial charge on any atom is -0.378 e. The molecular formula is C22H27ClN6O4S. The molecule has 0 atom stereocenters.